The van der Waals surface area contributed by atoms with Gasteiger partial charge in [-0.2, -0.15) is 0 Å². The Balaban J connectivity index is 3.34. The van der Waals surface area contributed by atoms with Crippen LogP contribution in [0.2, 0.25) is 0 Å². The summed E-state index contributed by atoms with van der Waals surface area (Å²) in [5, 5.41) is 0. The SMILES string of the molecule is CCCCN[SiH](OCC)OCC. The maximum Gasteiger partial charge on any atom is 0.408 e. The third kappa shape index (κ3) is 6.79. The van der Waals surface area contributed by atoms with Crippen LogP contribution in [0.3, 0.4) is 0 Å². The standard InChI is InChI=1S/C8H21NO2Si/c1-4-7-8-9-12(10-5-2)11-6-3/h9,12H,4-8H2,1-3H3. The Morgan fingerprint density at radius 1 is 1.08 bits per heavy atom. The average molecular weight is 191 g/mol. The molecule has 0 aliphatic carbocycles. The van der Waals surface area contributed by atoms with E-state index in [9.17, 15) is 0 Å². The first-order valence-electron chi connectivity index (χ1n) is 4.81. The van der Waals surface area contributed by atoms with Crippen molar-refractivity contribution in [3.63, 3.8) is 0 Å². The van der Waals surface area contributed by atoms with Crippen LogP contribution in [0.15, 0.2) is 0 Å². The fourth-order valence-corrected chi connectivity index (χ4v) is 2.24. The average Bonchev–Trinajstić information content (AvgIpc) is 2.06. The van der Waals surface area contributed by atoms with Gasteiger partial charge in [0.25, 0.3) is 0 Å². The summed E-state index contributed by atoms with van der Waals surface area (Å²) in [5.41, 5.74) is 0. The van der Waals surface area contributed by atoms with E-state index in [1.165, 1.54) is 12.8 Å². The fourth-order valence-electron chi connectivity index (χ4n) is 0.865. The molecule has 0 rings (SSSR count). The molecule has 0 fully saturated rings. The molecule has 74 valence electrons. The number of unbranched alkanes of at least 4 members (excludes halogenated alkanes) is 1. The van der Waals surface area contributed by atoms with Crippen molar-refractivity contribution in [3.8, 4) is 0 Å². The summed E-state index contributed by atoms with van der Waals surface area (Å²) in [4.78, 5) is 3.32. The van der Waals surface area contributed by atoms with Gasteiger partial charge < -0.3 is 8.85 Å². The summed E-state index contributed by atoms with van der Waals surface area (Å²) in [7, 11) is -1.52. The number of rotatable bonds is 8. The molecule has 0 bridgehead atoms. The Labute approximate surface area is 77.4 Å². The maximum absolute atomic E-state index is 5.43. The van der Waals surface area contributed by atoms with Crippen molar-refractivity contribution in [2.75, 3.05) is 19.8 Å². The van der Waals surface area contributed by atoms with Crippen LogP contribution in [0.25, 0.3) is 0 Å². The molecule has 0 aliphatic heterocycles. The molecular weight excluding hydrogens is 170 g/mol. The molecule has 0 aromatic carbocycles. The zero-order chi connectivity index (χ0) is 9.23. The van der Waals surface area contributed by atoms with Crippen molar-refractivity contribution in [1.82, 2.24) is 4.98 Å². The highest BCUT2D eigenvalue weighted by Gasteiger charge is 2.09. The lowest BCUT2D eigenvalue weighted by atomic mass is 10.3. The Bertz CT molecular complexity index is 87.1. The van der Waals surface area contributed by atoms with Crippen LogP contribution >= 0.6 is 0 Å². The van der Waals surface area contributed by atoms with Crippen molar-refractivity contribution in [2.24, 2.45) is 0 Å². The molecule has 0 saturated carbocycles. The molecule has 0 amide bonds. The summed E-state index contributed by atoms with van der Waals surface area (Å²) in [5.74, 6) is 0. The lowest BCUT2D eigenvalue weighted by Gasteiger charge is -2.15. The van der Waals surface area contributed by atoms with Gasteiger partial charge in [-0.1, -0.05) is 13.3 Å². The second kappa shape index (κ2) is 9.19. The van der Waals surface area contributed by atoms with Gasteiger partial charge >= 0.3 is 9.45 Å². The van der Waals surface area contributed by atoms with Gasteiger partial charge in [0, 0.05) is 13.2 Å². The lowest BCUT2D eigenvalue weighted by Crippen LogP contribution is -2.40. The molecule has 0 radical (unpaired) electrons. The minimum atomic E-state index is -1.52. The lowest BCUT2D eigenvalue weighted by molar-refractivity contribution is 0.203. The summed E-state index contributed by atoms with van der Waals surface area (Å²) in [6, 6.07) is 0. The molecule has 4 heteroatoms. The molecule has 0 unspecified atom stereocenters. The van der Waals surface area contributed by atoms with E-state index in [2.05, 4.69) is 11.9 Å². The van der Waals surface area contributed by atoms with Gasteiger partial charge in [-0.25, -0.2) is 0 Å². The van der Waals surface area contributed by atoms with Crippen LogP contribution in [-0.4, -0.2) is 29.2 Å². The predicted molar refractivity (Wildman–Crippen MR) is 53.3 cm³/mol. The van der Waals surface area contributed by atoms with E-state index >= 15 is 0 Å². The van der Waals surface area contributed by atoms with E-state index in [1.54, 1.807) is 0 Å². The smallest absolute Gasteiger partial charge is 0.385 e. The largest absolute Gasteiger partial charge is 0.408 e. The normalized spacial score (nSPS) is 11.0. The minimum Gasteiger partial charge on any atom is -0.385 e. The van der Waals surface area contributed by atoms with Crippen LogP contribution in [0.4, 0.5) is 0 Å². The van der Waals surface area contributed by atoms with E-state index in [0.29, 0.717) is 0 Å². The second-order valence-electron chi connectivity index (χ2n) is 2.55. The molecule has 0 atom stereocenters. The minimum absolute atomic E-state index is 0.746. The number of nitrogens with one attached hydrogen (secondary N) is 1. The van der Waals surface area contributed by atoms with Gasteiger partial charge in [-0.15, -0.1) is 0 Å². The summed E-state index contributed by atoms with van der Waals surface area (Å²) in [6.07, 6.45) is 2.41. The molecular formula is C8H21NO2Si. The zero-order valence-electron chi connectivity index (χ0n) is 8.43. The predicted octanol–water partition coefficient (Wildman–Crippen LogP) is 1.17. The highest BCUT2D eigenvalue weighted by Crippen LogP contribution is 1.88. The van der Waals surface area contributed by atoms with Gasteiger partial charge in [-0.05, 0) is 26.8 Å². The van der Waals surface area contributed by atoms with Gasteiger partial charge in [0.2, 0.25) is 0 Å². The van der Waals surface area contributed by atoms with Crippen molar-refractivity contribution in [2.45, 2.75) is 33.6 Å². The van der Waals surface area contributed by atoms with Crippen LogP contribution in [-0.2, 0) is 8.85 Å². The molecule has 0 spiro atoms. The van der Waals surface area contributed by atoms with Crippen molar-refractivity contribution in [1.29, 1.82) is 0 Å². The van der Waals surface area contributed by atoms with Crippen LogP contribution in [0.5, 0.6) is 0 Å². The molecule has 3 nitrogen and oxygen atoms in total. The van der Waals surface area contributed by atoms with E-state index in [1.807, 2.05) is 13.8 Å². The second-order valence-corrected chi connectivity index (χ2v) is 4.29. The molecule has 0 heterocycles. The van der Waals surface area contributed by atoms with E-state index in [-0.39, 0.29) is 0 Å². The summed E-state index contributed by atoms with van der Waals surface area (Å²) < 4.78 is 10.9. The molecule has 0 aromatic heterocycles. The van der Waals surface area contributed by atoms with Gasteiger partial charge in [0.05, 0.1) is 0 Å². The Kier molecular flexibility index (Phi) is 9.26. The molecule has 0 aliphatic rings. The first kappa shape index (κ1) is 12.1. The topological polar surface area (TPSA) is 30.5 Å². The Morgan fingerprint density at radius 3 is 2.08 bits per heavy atom. The third-order valence-electron chi connectivity index (χ3n) is 1.48. The third-order valence-corrected chi connectivity index (χ3v) is 3.37. The molecule has 1 N–H and O–H groups in total. The Hall–Kier alpha value is 0.0969. The number of hydrogen-bond donors (Lipinski definition) is 1. The van der Waals surface area contributed by atoms with Gasteiger partial charge in [-0.3, -0.25) is 4.98 Å². The summed E-state index contributed by atoms with van der Waals surface area (Å²) >= 11 is 0. The quantitative estimate of drug-likeness (QED) is 0.461. The number of hydrogen-bond acceptors (Lipinski definition) is 3. The highest BCUT2D eigenvalue weighted by molar-refractivity contribution is 6.41. The van der Waals surface area contributed by atoms with Crippen molar-refractivity contribution < 1.29 is 8.85 Å². The molecule has 0 aromatic rings. The first-order valence-corrected chi connectivity index (χ1v) is 6.33. The zero-order valence-corrected chi connectivity index (χ0v) is 9.58. The van der Waals surface area contributed by atoms with Gasteiger partial charge in [0.15, 0.2) is 0 Å². The Morgan fingerprint density at radius 2 is 1.67 bits per heavy atom. The molecule has 12 heavy (non-hydrogen) atoms. The summed E-state index contributed by atoms with van der Waals surface area (Å²) in [6.45, 7) is 8.69. The van der Waals surface area contributed by atoms with Gasteiger partial charge in [0.1, 0.15) is 0 Å². The monoisotopic (exact) mass is 191 g/mol. The first-order chi connectivity index (χ1) is 5.85. The van der Waals surface area contributed by atoms with Crippen molar-refractivity contribution >= 4 is 9.45 Å². The van der Waals surface area contributed by atoms with E-state index in [0.717, 1.165) is 19.8 Å². The van der Waals surface area contributed by atoms with Crippen molar-refractivity contribution in [3.05, 3.63) is 0 Å². The van der Waals surface area contributed by atoms with Crippen LogP contribution in [0.1, 0.15) is 33.6 Å². The fraction of sp³-hybridized carbons (Fsp3) is 1.00. The van der Waals surface area contributed by atoms with E-state index < -0.39 is 9.45 Å². The highest BCUT2D eigenvalue weighted by atomic mass is 28.3. The maximum atomic E-state index is 5.43. The van der Waals surface area contributed by atoms with Crippen LogP contribution in [0, 0.1) is 0 Å². The molecule has 0 saturated heterocycles. The van der Waals surface area contributed by atoms with Crippen LogP contribution < -0.4 is 4.98 Å². The van der Waals surface area contributed by atoms with E-state index in [4.69, 9.17) is 8.85 Å².